The van der Waals surface area contributed by atoms with E-state index in [9.17, 15) is 4.79 Å². The van der Waals surface area contributed by atoms with Crippen LogP contribution >= 0.6 is 28.3 Å². The van der Waals surface area contributed by atoms with E-state index in [1.807, 2.05) is 49.5 Å². The normalized spacial score (nSPS) is 9.96. The fourth-order valence-corrected chi connectivity index (χ4v) is 2.36. The van der Waals surface area contributed by atoms with E-state index >= 15 is 0 Å². The lowest BCUT2D eigenvalue weighted by Crippen LogP contribution is -2.33. The Morgan fingerprint density at radius 3 is 2.50 bits per heavy atom. The van der Waals surface area contributed by atoms with Crippen molar-refractivity contribution in [3.8, 4) is 5.75 Å². The van der Waals surface area contributed by atoms with Gasteiger partial charge in [-0.3, -0.25) is 4.79 Å². The smallest absolute Gasteiger partial charge is 0.257 e. The number of nitrogens with zero attached hydrogens (tertiary/aromatic N) is 1. The number of nitrogens with one attached hydrogen (secondary N) is 1. The molecule has 0 radical (unpaired) electrons. The third-order valence-electron chi connectivity index (χ3n) is 3.47. The first-order valence-electron chi connectivity index (χ1n) is 7.48. The van der Waals surface area contributed by atoms with Gasteiger partial charge in [0.05, 0.1) is 5.56 Å². The van der Waals surface area contributed by atoms with E-state index in [0.29, 0.717) is 24.5 Å². The largest absolute Gasteiger partial charge is 0.488 e. The molecule has 0 aliphatic rings. The van der Waals surface area contributed by atoms with Crippen molar-refractivity contribution in [2.24, 2.45) is 0 Å². The van der Waals surface area contributed by atoms with Gasteiger partial charge in [0.1, 0.15) is 12.4 Å². The number of amides is 1. The highest BCUT2D eigenvalue weighted by atomic mass is 79.9. The van der Waals surface area contributed by atoms with Gasteiger partial charge in [-0.15, -0.1) is 12.4 Å². The molecular formula is C18H22BrClN2O2. The number of rotatable bonds is 7. The van der Waals surface area contributed by atoms with Crippen molar-refractivity contribution in [1.82, 2.24) is 10.2 Å². The molecule has 0 bridgehead atoms. The Bertz CT molecular complexity index is 650. The number of carbonyl (C=O) groups excluding carboxylic acids is 1. The van der Waals surface area contributed by atoms with Crippen molar-refractivity contribution in [3.63, 3.8) is 0 Å². The molecule has 0 aliphatic heterocycles. The minimum atomic E-state index is -0.0355. The number of para-hydroxylation sites is 1. The van der Waals surface area contributed by atoms with Crippen LogP contribution in [0.4, 0.5) is 0 Å². The average molecular weight is 414 g/mol. The zero-order valence-electron chi connectivity index (χ0n) is 13.8. The second-order valence-corrected chi connectivity index (χ2v) is 6.16. The first kappa shape index (κ1) is 20.5. The molecule has 0 saturated heterocycles. The van der Waals surface area contributed by atoms with E-state index < -0.39 is 0 Å². The molecule has 0 saturated carbocycles. The van der Waals surface area contributed by atoms with Gasteiger partial charge < -0.3 is 15.0 Å². The van der Waals surface area contributed by atoms with Gasteiger partial charge in [0.2, 0.25) is 0 Å². The van der Waals surface area contributed by atoms with Gasteiger partial charge in [-0.25, -0.2) is 0 Å². The summed E-state index contributed by atoms with van der Waals surface area (Å²) in [4.78, 5) is 14.2. The summed E-state index contributed by atoms with van der Waals surface area (Å²) >= 11 is 3.41. The monoisotopic (exact) mass is 412 g/mol. The summed E-state index contributed by atoms with van der Waals surface area (Å²) in [5.74, 6) is 0.573. The highest BCUT2D eigenvalue weighted by molar-refractivity contribution is 9.10. The molecule has 0 unspecified atom stereocenters. The fourth-order valence-electron chi connectivity index (χ4n) is 2.10. The van der Waals surface area contributed by atoms with Crippen LogP contribution < -0.4 is 10.1 Å². The molecule has 1 N–H and O–H groups in total. The number of hydrogen-bond acceptors (Lipinski definition) is 3. The molecule has 0 aromatic heterocycles. The van der Waals surface area contributed by atoms with Crippen LogP contribution in [0.15, 0.2) is 53.0 Å². The molecule has 6 heteroatoms. The summed E-state index contributed by atoms with van der Waals surface area (Å²) in [7, 11) is 3.67. The lowest BCUT2D eigenvalue weighted by atomic mass is 10.1. The van der Waals surface area contributed by atoms with Crippen LogP contribution in [0, 0.1) is 0 Å². The van der Waals surface area contributed by atoms with E-state index in [0.717, 1.165) is 16.6 Å². The van der Waals surface area contributed by atoms with Gasteiger partial charge in [0.25, 0.3) is 5.91 Å². The van der Waals surface area contributed by atoms with E-state index in [1.54, 1.807) is 18.0 Å². The van der Waals surface area contributed by atoms with E-state index in [-0.39, 0.29) is 18.3 Å². The summed E-state index contributed by atoms with van der Waals surface area (Å²) in [6.07, 6.45) is 0. The zero-order valence-corrected chi connectivity index (χ0v) is 16.2. The van der Waals surface area contributed by atoms with Crippen LogP contribution in [0.1, 0.15) is 15.9 Å². The molecule has 4 nitrogen and oxygen atoms in total. The minimum absolute atomic E-state index is 0. The summed E-state index contributed by atoms with van der Waals surface area (Å²) in [5, 5.41) is 3.04. The van der Waals surface area contributed by atoms with Crippen LogP contribution in [-0.2, 0) is 6.61 Å². The number of hydrogen-bond donors (Lipinski definition) is 1. The molecule has 0 fully saturated rings. The average Bonchev–Trinajstić information content (AvgIpc) is 2.58. The molecule has 2 aromatic rings. The third kappa shape index (κ3) is 5.82. The summed E-state index contributed by atoms with van der Waals surface area (Å²) in [6.45, 7) is 1.83. The van der Waals surface area contributed by atoms with Crippen molar-refractivity contribution < 1.29 is 9.53 Å². The van der Waals surface area contributed by atoms with Crippen LogP contribution in [0.2, 0.25) is 0 Å². The Morgan fingerprint density at radius 1 is 1.17 bits per heavy atom. The minimum Gasteiger partial charge on any atom is -0.488 e. The third-order valence-corrected chi connectivity index (χ3v) is 4.00. The maximum atomic E-state index is 12.5. The van der Waals surface area contributed by atoms with Gasteiger partial charge >= 0.3 is 0 Å². The Balaban J connectivity index is 0.00000288. The Labute approximate surface area is 157 Å². The fraction of sp³-hybridized carbons (Fsp3) is 0.278. The van der Waals surface area contributed by atoms with Crippen LogP contribution in [-0.4, -0.2) is 38.0 Å². The Hall–Kier alpha value is -1.56. The molecule has 0 heterocycles. The molecule has 24 heavy (non-hydrogen) atoms. The maximum absolute atomic E-state index is 12.5. The molecule has 0 aliphatic carbocycles. The predicted molar refractivity (Wildman–Crippen MR) is 103 cm³/mol. The second-order valence-electron chi connectivity index (χ2n) is 5.24. The summed E-state index contributed by atoms with van der Waals surface area (Å²) < 4.78 is 6.89. The van der Waals surface area contributed by atoms with E-state index in [2.05, 4.69) is 21.2 Å². The molecule has 1 amide bonds. The number of ether oxygens (including phenoxy) is 1. The van der Waals surface area contributed by atoms with Crippen molar-refractivity contribution in [1.29, 1.82) is 0 Å². The van der Waals surface area contributed by atoms with Crippen molar-refractivity contribution in [2.45, 2.75) is 6.61 Å². The molecule has 2 rings (SSSR count). The van der Waals surface area contributed by atoms with Gasteiger partial charge in [-0.05, 0) is 36.9 Å². The quantitative estimate of drug-likeness (QED) is 0.752. The highest BCUT2D eigenvalue weighted by Gasteiger charge is 2.16. The van der Waals surface area contributed by atoms with Crippen molar-refractivity contribution in [3.05, 3.63) is 64.1 Å². The van der Waals surface area contributed by atoms with Gasteiger partial charge in [0, 0.05) is 24.6 Å². The topological polar surface area (TPSA) is 41.6 Å². The number of carbonyl (C=O) groups is 1. The number of likely N-dealkylation sites (N-methyl/N-ethyl adjacent to an activating group) is 2. The van der Waals surface area contributed by atoms with Gasteiger partial charge in [-0.2, -0.15) is 0 Å². The van der Waals surface area contributed by atoms with Gasteiger partial charge in [0.15, 0.2) is 0 Å². The molecular weight excluding hydrogens is 392 g/mol. The summed E-state index contributed by atoms with van der Waals surface area (Å²) in [6, 6.07) is 15.3. The standard InChI is InChI=1S/C18H21BrN2O2.ClH/c1-20-11-12-21(2)18(22)16-5-3-4-6-17(16)23-13-14-7-9-15(19)10-8-14;/h3-10,20H,11-13H2,1-2H3;1H. The number of halogens is 2. The lowest BCUT2D eigenvalue weighted by Gasteiger charge is -2.19. The molecule has 130 valence electrons. The summed E-state index contributed by atoms with van der Waals surface area (Å²) in [5.41, 5.74) is 1.64. The zero-order chi connectivity index (χ0) is 16.7. The lowest BCUT2D eigenvalue weighted by molar-refractivity contribution is 0.0792. The van der Waals surface area contributed by atoms with Crippen LogP contribution in [0.3, 0.4) is 0 Å². The Morgan fingerprint density at radius 2 is 1.83 bits per heavy atom. The SMILES string of the molecule is CNCCN(C)C(=O)c1ccccc1OCc1ccc(Br)cc1.Cl. The highest BCUT2D eigenvalue weighted by Crippen LogP contribution is 2.21. The van der Waals surface area contributed by atoms with Crippen molar-refractivity contribution in [2.75, 3.05) is 27.2 Å². The first-order valence-corrected chi connectivity index (χ1v) is 8.27. The number of benzene rings is 2. The predicted octanol–water partition coefficient (Wildman–Crippen LogP) is 3.74. The second kappa shape index (κ2) is 10.3. The van der Waals surface area contributed by atoms with Crippen molar-refractivity contribution >= 4 is 34.2 Å². The van der Waals surface area contributed by atoms with E-state index in [4.69, 9.17) is 4.74 Å². The first-order chi connectivity index (χ1) is 11.1. The molecule has 2 aromatic carbocycles. The van der Waals surface area contributed by atoms with E-state index in [1.165, 1.54) is 0 Å². The van der Waals surface area contributed by atoms with Crippen LogP contribution in [0.25, 0.3) is 0 Å². The van der Waals surface area contributed by atoms with Gasteiger partial charge in [-0.1, -0.05) is 40.2 Å². The Kier molecular flexibility index (Phi) is 8.82. The molecule has 0 spiro atoms. The maximum Gasteiger partial charge on any atom is 0.257 e. The molecule has 0 atom stereocenters. The van der Waals surface area contributed by atoms with Crippen LogP contribution in [0.5, 0.6) is 5.75 Å².